The van der Waals surface area contributed by atoms with Crippen LogP contribution >= 0.6 is 34.8 Å². The van der Waals surface area contributed by atoms with E-state index in [0.717, 1.165) is 29.6 Å². The second-order valence-electron chi connectivity index (χ2n) is 8.30. The summed E-state index contributed by atoms with van der Waals surface area (Å²) in [5.41, 5.74) is 3.22. The third-order valence-corrected chi connectivity index (χ3v) is 5.53. The van der Waals surface area contributed by atoms with E-state index < -0.39 is 15.9 Å². The summed E-state index contributed by atoms with van der Waals surface area (Å²) in [4.78, 5) is 28.1. The van der Waals surface area contributed by atoms with Crippen LogP contribution in [0.4, 0.5) is 4.79 Å². The number of halogens is 3. The molecule has 0 saturated heterocycles. The quantitative estimate of drug-likeness (QED) is 0.355. The molecule has 176 valence electrons. The number of alkyl halides is 3. The van der Waals surface area contributed by atoms with Crippen molar-refractivity contribution in [1.29, 1.82) is 0 Å². The Labute approximate surface area is 202 Å². The van der Waals surface area contributed by atoms with Gasteiger partial charge in [-0.2, -0.15) is 0 Å². The topological polar surface area (TPSA) is 92.4 Å². The van der Waals surface area contributed by atoms with Crippen molar-refractivity contribution in [2.24, 2.45) is 5.92 Å². The predicted molar refractivity (Wildman–Crippen MR) is 126 cm³/mol. The van der Waals surface area contributed by atoms with Crippen LogP contribution in [0.2, 0.25) is 0 Å². The number of alkyl carbamates (subject to hydrolysis) is 1. The van der Waals surface area contributed by atoms with E-state index in [1.807, 2.05) is 32.0 Å². The van der Waals surface area contributed by atoms with Crippen LogP contribution in [0.15, 0.2) is 24.3 Å². The van der Waals surface area contributed by atoms with Crippen LogP contribution in [-0.2, 0) is 20.7 Å². The number of carbonyl (C=O) groups is 2. The third-order valence-electron chi connectivity index (χ3n) is 5.21. The summed E-state index contributed by atoms with van der Waals surface area (Å²) in [6.07, 6.45) is 0.640. The maximum atomic E-state index is 12.4. The number of hydrogen-bond donors (Lipinski definition) is 3. The molecule has 0 spiro atoms. The number of aromatic amines is 1. The fourth-order valence-corrected chi connectivity index (χ4v) is 3.99. The molecule has 2 atom stereocenters. The van der Waals surface area contributed by atoms with E-state index in [4.69, 9.17) is 44.3 Å². The molecule has 0 bridgehead atoms. The van der Waals surface area contributed by atoms with E-state index in [-0.39, 0.29) is 31.0 Å². The SMILES string of the molecule is CC(C)COC(=O)CC[C@H](NC(=O)OCC(Cl)(Cl)Cl)[C@H]1NCCc2c1[nH]c1ccccc21. The molecule has 32 heavy (non-hydrogen) atoms. The minimum Gasteiger partial charge on any atom is -0.465 e. The van der Waals surface area contributed by atoms with Gasteiger partial charge in [-0.05, 0) is 36.9 Å². The van der Waals surface area contributed by atoms with Crippen molar-refractivity contribution >= 4 is 57.8 Å². The highest BCUT2D eigenvalue weighted by atomic mass is 35.6. The molecule has 0 unspecified atom stereocenters. The lowest BCUT2D eigenvalue weighted by Gasteiger charge is -2.32. The van der Waals surface area contributed by atoms with Crippen molar-refractivity contribution in [3.63, 3.8) is 0 Å². The molecule has 3 N–H and O–H groups in total. The van der Waals surface area contributed by atoms with Gasteiger partial charge < -0.3 is 25.1 Å². The van der Waals surface area contributed by atoms with Crippen LogP contribution in [0.5, 0.6) is 0 Å². The van der Waals surface area contributed by atoms with Crippen LogP contribution in [0.3, 0.4) is 0 Å². The van der Waals surface area contributed by atoms with Crippen molar-refractivity contribution in [2.75, 3.05) is 19.8 Å². The fraction of sp³-hybridized carbons (Fsp3) is 0.545. The van der Waals surface area contributed by atoms with Gasteiger partial charge in [0.1, 0.15) is 6.61 Å². The highest BCUT2D eigenvalue weighted by Crippen LogP contribution is 2.33. The maximum absolute atomic E-state index is 12.4. The number of rotatable bonds is 8. The van der Waals surface area contributed by atoms with Crippen molar-refractivity contribution < 1.29 is 19.1 Å². The minimum absolute atomic E-state index is 0.149. The Morgan fingerprint density at radius 2 is 1.97 bits per heavy atom. The zero-order valence-corrected chi connectivity index (χ0v) is 20.3. The number of carbonyl (C=O) groups excluding carboxylic acids is 2. The minimum atomic E-state index is -1.71. The number of para-hydroxylation sites is 1. The van der Waals surface area contributed by atoms with Gasteiger partial charge in [0.25, 0.3) is 0 Å². The number of aromatic nitrogens is 1. The molecule has 1 aromatic carbocycles. The first-order valence-electron chi connectivity index (χ1n) is 10.6. The highest BCUT2D eigenvalue weighted by molar-refractivity contribution is 6.67. The number of esters is 1. The summed E-state index contributed by atoms with van der Waals surface area (Å²) in [6, 6.07) is 7.38. The molecule has 1 aromatic heterocycles. The molecule has 1 amide bonds. The van der Waals surface area contributed by atoms with Gasteiger partial charge in [0.05, 0.1) is 18.7 Å². The van der Waals surface area contributed by atoms with E-state index in [9.17, 15) is 9.59 Å². The molecule has 0 radical (unpaired) electrons. The van der Waals surface area contributed by atoms with Gasteiger partial charge in [0.15, 0.2) is 0 Å². The Hall–Kier alpha value is -1.67. The number of fused-ring (bicyclic) bond motifs is 3. The summed E-state index contributed by atoms with van der Waals surface area (Å²) in [6.45, 7) is 4.65. The first kappa shape index (κ1) is 25.0. The Morgan fingerprint density at radius 1 is 1.22 bits per heavy atom. The Morgan fingerprint density at radius 3 is 2.69 bits per heavy atom. The molecule has 0 saturated carbocycles. The fourth-order valence-electron chi connectivity index (χ4n) is 3.82. The summed E-state index contributed by atoms with van der Waals surface area (Å²) >= 11 is 17.1. The number of nitrogens with one attached hydrogen (secondary N) is 3. The average Bonchev–Trinajstić information content (AvgIpc) is 3.12. The number of H-pyrrole nitrogens is 1. The summed E-state index contributed by atoms with van der Waals surface area (Å²) in [5, 5.41) is 7.45. The maximum Gasteiger partial charge on any atom is 0.407 e. The van der Waals surface area contributed by atoms with E-state index >= 15 is 0 Å². The number of benzene rings is 1. The van der Waals surface area contributed by atoms with Crippen LogP contribution in [-0.4, -0.2) is 46.6 Å². The average molecular weight is 505 g/mol. The molecule has 0 fully saturated rings. The van der Waals surface area contributed by atoms with Gasteiger partial charge in [-0.3, -0.25) is 4.79 Å². The molecule has 2 aromatic rings. The zero-order valence-electron chi connectivity index (χ0n) is 18.1. The molecular formula is C22H28Cl3N3O4. The highest BCUT2D eigenvalue weighted by Gasteiger charge is 2.33. The first-order chi connectivity index (χ1) is 15.1. The lowest BCUT2D eigenvalue weighted by molar-refractivity contribution is -0.145. The number of hydrogen-bond acceptors (Lipinski definition) is 5. The molecule has 10 heteroatoms. The number of amides is 1. The molecule has 0 aliphatic carbocycles. The second kappa shape index (κ2) is 11.0. The van der Waals surface area contributed by atoms with Crippen molar-refractivity contribution in [2.45, 2.75) is 49.0 Å². The van der Waals surface area contributed by atoms with E-state index in [2.05, 4.69) is 21.7 Å². The molecule has 7 nitrogen and oxygen atoms in total. The Bertz CT molecular complexity index is 942. The van der Waals surface area contributed by atoms with Crippen molar-refractivity contribution in [1.82, 2.24) is 15.6 Å². The first-order valence-corrected chi connectivity index (χ1v) is 11.8. The van der Waals surface area contributed by atoms with Gasteiger partial charge >= 0.3 is 12.1 Å². The van der Waals surface area contributed by atoms with Gasteiger partial charge in [-0.1, -0.05) is 66.8 Å². The lowest BCUT2D eigenvalue weighted by atomic mass is 9.92. The van der Waals surface area contributed by atoms with Gasteiger partial charge in [-0.15, -0.1) is 0 Å². The van der Waals surface area contributed by atoms with Crippen LogP contribution in [0, 0.1) is 5.92 Å². The summed E-state index contributed by atoms with van der Waals surface area (Å²) in [7, 11) is 0. The van der Waals surface area contributed by atoms with E-state index in [1.165, 1.54) is 5.56 Å². The molecule has 2 heterocycles. The molecule has 1 aliphatic heterocycles. The van der Waals surface area contributed by atoms with Crippen molar-refractivity contribution in [3.8, 4) is 0 Å². The molecule has 3 rings (SSSR count). The summed E-state index contributed by atoms with van der Waals surface area (Å²) in [5.74, 6) is -0.0634. The van der Waals surface area contributed by atoms with Gasteiger partial charge in [0.2, 0.25) is 3.79 Å². The monoisotopic (exact) mass is 503 g/mol. The third kappa shape index (κ3) is 6.91. The van der Waals surface area contributed by atoms with Crippen LogP contribution in [0.25, 0.3) is 10.9 Å². The second-order valence-corrected chi connectivity index (χ2v) is 10.8. The summed E-state index contributed by atoms with van der Waals surface area (Å²) < 4.78 is 8.65. The van der Waals surface area contributed by atoms with Crippen LogP contribution in [0.1, 0.15) is 44.0 Å². The number of ether oxygens (including phenoxy) is 2. The standard InChI is InChI=1S/C22H28Cl3N3O4/c1-13(2)11-31-18(29)8-7-17(28-21(30)32-12-22(23,24)25)20-19-15(9-10-26-20)14-5-3-4-6-16(14)27-19/h3-6,13,17,20,26-27H,7-12H2,1-2H3,(H,28,30)/t17-,20+/m0/s1. The Balaban J connectivity index is 1.77. The van der Waals surface area contributed by atoms with Crippen molar-refractivity contribution in [3.05, 3.63) is 35.5 Å². The largest absolute Gasteiger partial charge is 0.465 e. The van der Waals surface area contributed by atoms with Crippen LogP contribution < -0.4 is 10.6 Å². The predicted octanol–water partition coefficient (Wildman–Crippen LogP) is 4.80. The Kier molecular flexibility index (Phi) is 8.55. The van der Waals surface area contributed by atoms with Gasteiger partial charge in [0, 0.05) is 23.0 Å². The molecular weight excluding hydrogens is 477 g/mol. The smallest absolute Gasteiger partial charge is 0.407 e. The van der Waals surface area contributed by atoms with E-state index in [0.29, 0.717) is 13.0 Å². The van der Waals surface area contributed by atoms with Gasteiger partial charge in [-0.25, -0.2) is 4.79 Å². The molecule has 1 aliphatic rings. The van der Waals surface area contributed by atoms with E-state index in [1.54, 1.807) is 0 Å². The zero-order chi connectivity index (χ0) is 23.3. The normalized spacial score (nSPS) is 17.1. The lowest BCUT2D eigenvalue weighted by Crippen LogP contribution is -2.47.